The van der Waals surface area contributed by atoms with Crippen LogP contribution >= 0.6 is 23.2 Å². The summed E-state index contributed by atoms with van der Waals surface area (Å²) in [6.45, 7) is 9.66. The van der Waals surface area contributed by atoms with Crippen molar-refractivity contribution in [3.8, 4) is 0 Å². The highest BCUT2D eigenvalue weighted by atomic mass is 35.5. The average Bonchev–Trinajstić information content (AvgIpc) is 2.92. The fourth-order valence-electron chi connectivity index (χ4n) is 3.01. The highest BCUT2D eigenvalue weighted by Gasteiger charge is 2.34. The van der Waals surface area contributed by atoms with Crippen molar-refractivity contribution in [2.45, 2.75) is 45.9 Å². The molecule has 0 spiro atoms. The molecule has 0 aliphatic heterocycles. The molecule has 0 amide bonds. The number of benzene rings is 2. The predicted octanol–water partition coefficient (Wildman–Crippen LogP) is 6.37. The summed E-state index contributed by atoms with van der Waals surface area (Å²) in [5.74, 6) is -0.199. The normalized spacial score (nSPS) is 13.6. The standard InChI is InChI=1S/C21H23Cl2FN3OS/c1-12-6-14(7-13(2)18(12)24)11-27-17-9-16(22)8-15(19(17)26-20(27)23)10-25-29(28)21(3,4)5/h6-10,28H,11H2,1-5H3/q+1. The SMILES string of the molecule is Cc1cc(Cn2c(Cl)nc3c(C=N[S+](O)C(C)(C)C)cc(Cl)cc32)cc(C)c1F. The first kappa shape index (κ1) is 22.1. The Kier molecular flexibility index (Phi) is 6.30. The van der Waals surface area contributed by atoms with Crippen LogP contribution in [-0.2, 0) is 17.9 Å². The number of halogens is 3. The maximum Gasteiger partial charge on any atom is 0.294 e. The molecule has 154 valence electrons. The molecule has 0 radical (unpaired) electrons. The molecular weight excluding hydrogens is 432 g/mol. The van der Waals surface area contributed by atoms with Gasteiger partial charge in [0, 0.05) is 10.6 Å². The van der Waals surface area contributed by atoms with Gasteiger partial charge in [0.05, 0.1) is 23.8 Å². The number of aryl methyl sites for hydroxylation is 2. The zero-order valence-electron chi connectivity index (χ0n) is 16.9. The van der Waals surface area contributed by atoms with E-state index in [1.54, 1.807) is 44.3 Å². The number of rotatable bonds is 4. The maximum atomic E-state index is 14.0. The second kappa shape index (κ2) is 8.26. The fourth-order valence-corrected chi connectivity index (χ4v) is 3.99. The van der Waals surface area contributed by atoms with Gasteiger partial charge in [-0.05, 0) is 79.4 Å². The van der Waals surface area contributed by atoms with Crippen LogP contribution in [0.5, 0.6) is 0 Å². The van der Waals surface area contributed by atoms with Crippen LogP contribution in [0.4, 0.5) is 4.39 Å². The molecule has 2 aromatic carbocycles. The molecule has 1 aromatic heterocycles. The Morgan fingerprint density at radius 2 is 1.79 bits per heavy atom. The third kappa shape index (κ3) is 4.77. The number of imidazole rings is 1. The van der Waals surface area contributed by atoms with E-state index in [9.17, 15) is 8.94 Å². The summed E-state index contributed by atoms with van der Waals surface area (Å²) in [6.07, 6.45) is 1.59. The van der Waals surface area contributed by atoms with Crippen LogP contribution in [0.15, 0.2) is 28.7 Å². The van der Waals surface area contributed by atoms with Crippen molar-refractivity contribution < 1.29 is 8.94 Å². The zero-order chi connectivity index (χ0) is 21.5. The Hall–Kier alpha value is -1.60. The Bertz CT molecular complexity index is 1080. The first-order valence-electron chi connectivity index (χ1n) is 9.06. The molecule has 0 aliphatic rings. The van der Waals surface area contributed by atoms with Gasteiger partial charge in [-0.3, -0.25) is 0 Å². The quantitative estimate of drug-likeness (QED) is 0.367. The van der Waals surface area contributed by atoms with E-state index in [-0.39, 0.29) is 10.6 Å². The lowest BCUT2D eigenvalue weighted by Crippen LogP contribution is -2.25. The minimum Gasteiger partial charge on any atom is -0.310 e. The molecule has 3 aromatic rings. The first-order valence-corrected chi connectivity index (χ1v) is 11.0. The molecule has 0 saturated heterocycles. The van der Waals surface area contributed by atoms with E-state index < -0.39 is 11.4 Å². The molecule has 1 unspecified atom stereocenters. The van der Waals surface area contributed by atoms with Gasteiger partial charge >= 0.3 is 0 Å². The highest BCUT2D eigenvalue weighted by Crippen LogP contribution is 2.28. The topological polar surface area (TPSA) is 50.4 Å². The van der Waals surface area contributed by atoms with Crippen molar-refractivity contribution in [3.05, 3.63) is 62.6 Å². The summed E-state index contributed by atoms with van der Waals surface area (Å²) in [4.78, 5) is 4.48. The Morgan fingerprint density at radius 1 is 1.17 bits per heavy atom. The van der Waals surface area contributed by atoms with Gasteiger partial charge < -0.3 is 4.57 Å². The van der Waals surface area contributed by atoms with Crippen molar-refractivity contribution >= 4 is 51.8 Å². The van der Waals surface area contributed by atoms with Crippen molar-refractivity contribution in [2.24, 2.45) is 4.40 Å². The van der Waals surface area contributed by atoms with Crippen molar-refractivity contribution in [3.63, 3.8) is 0 Å². The molecule has 0 fully saturated rings. The van der Waals surface area contributed by atoms with Crippen LogP contribution in [0.25, 0.3) is 11.0 Å². The van der Waals surface area contributed by atoms with Crippen LogP contribution in [0, 0.1) is 19.7 Å². The van der Waals surface area contributed by atoms with E-state index >= 15 is 0 Å². The molecule has 0 aliphatic carbocycles. The molecule has 0 saturated carbocycles. The zero-order valence-corrected chi connectivity index (χ0v) is 19.3. The molecule has 3 rings (SSSR count). The van der Waals surface area contributed by atoms with Gasteiger partial charge in [0.15, 0.2) is 4.75 Å². The van der Waals surface area contributed by atoms with E-state index in [2.05, 4.69) is 9.38 Å². The van der Waals surface area contributed by atoms with E-state index in [0.29, 0.717) is 39.1 Å². The minimum absolute atomic E-state index is 0.199. The van der Waals surface area contributed by atoms with Crippen LogP contribution < -0.4 is 0 Å². The molecule has 8 heteroatoms. The average molecular weight is 455 g/mol. The molecule has 1 N–H and O–H groups in total. The van der Waals surface area contributed by atoms with E-state index in [1.165, 1.54) is 0 Å². The van der Waals surface area contributed by atoms with E-state index in [0.717, 1.165) is 11.1 Å². The van der Waals surface area contributed by atoms with Gasteiger partial charge in [0.1, 0.15) is 5.82 Å². The molecular formula is C21H23Cl2FN3OS+. The fraction of sp³-hybridized carbons (Fsp3) is 0.333. The predicted molar refractivity (Wildman–Crippen MR) is 122 cm³/mol. The van der Waals surface area contributed by atoms with Crippen LogP contribution in [-0.4, -0.2) is 25.1 Å². The molecule has 0 bridgehead atoms. The molecule has 4 nitrogen and oxygen atoms in total. The molecule has 29 heavy (non-hydrogen) atoms. The van der Waals surface area contributed by atoms with Gasteiger partial charge in [-0.2, -0.15) is 4.55 Å². The Labute approximate surface area is 183 Å². The third-order valence-electron chi connectivity index (χ3n) is 4.48. The van der Waals surface area contributed by atoms with Crippen molar-refractivity contribution in [2.75, 3.05) is 0 Å². The lowest BCUT2D eigenvalue weighted by atomic mass is 10.1. The number of nitrogens with zero attached hydrogens (tertiary/aromatic N) is 3. The van der Waals surface area contributed by atoms with Gasteiger partial charge in [-0.25, -0.2) is 9.37 Å². The summed E-state index contributed by atoms with van der Waals surface area (Å²) >= 11 is 11.6. The smallest absolute Gasteiger partial charge is 0.294 e. The number of fused-ring (bicyclic) bond motifs is 1. The van der Waals surface area contributed by atoms with Gasteiger partial charge in [0.2, 0.25) is 5.28 Å². The van der Waals surface area contributed by atoms with Crippen molar-refractivity contribution in [1.29, 1.82) is 0 Å². The van der Waals surface area contributed by atoms with E-state index in [1.807, 2.05) is 25.3 Å². The Morgan fingerprint density at radius 3 is 2.38 bits per heavy atom. The van der Waals surface area contributed by atoms with Crippen molar-refractivity contribution in [1.82, 2.24) is 9.55 Å². The maximum absolute atomic E-state index is 14.0. The second-order valence-electron chi connectivity index (χ2n) is 7.98. The third-order valence-corrected chi connectivity index (χ3v) is 6.39. The largest absolute Gasteiger partial charge is 0.310 e. The Balaban J connectivity index is 2.06. The highest BCUT2D eigenvalue weighted by molar-refractivity contribution is 7.91. The van der Waals surface area contributed by atoms with Gasteiger partial charge in [0.25, 0.3) is 11.4 Å². The number of hydrogen-bond donors (Lipinski definition) is 1. The summed E-state index contributed by atoms with van der Waals surface area (Å²) < 4.78 is 29.9. The number of hydrogen-bond acceptors (Lipinski definition) is 3. The summed E-state index contributed by atoms with van der Waals surface area (Å²) in [7, 11) is 0. The van der Waals surface area contributed by atoms with Gasteiger partial charge in [-0.1, -0.05) is 23.7 Å². The van der Waals surface area contributed by atoms with Crippen LogP contribution in [0.1, 0.15) is 43.0 Å². The van der Waals surface area contributed by atoms with Crippen LogP contribution in [0.2, 0.25) is 10.3 Å². The van der Waals surface area contributed by atoms with Crippen LogP contribution in [0.3, 0.4) is 0 Å². The molecule has 1 heterocycles. The summed E-state index contributed by atoms with van der Waals surface area (Å²) in [5, 5.41) is 0.812. The number of aromatic nitrogens is 2. The van der Waals surface area contributed by atoms with E-state index in [4.69, 9.17) is 23.2 Å². The summed E-state index contributed by atoms with van der Waals surface area (Å²) in [6, 6.07) is 7.14. The molecule has 1 atom stereocenters. The lowest BCUT2D eigenvalue weighted by Gasteiger charge is -2.10. The lowest BCUT2D eigenvalue weighted by molar-refractivity contribution is 0.597. The minimum atomic E-state index is -1.15. The monoisotopic (exact) mass is 454 g/mol. The first-order chi connectivity index (χ1) is 13.5. The van der Waals surface area contributed by atoms with Gasteiger partial charge in [-0.15, -0.1) is 0 Å². The summed E-state index contributed by atoms with van der Waals surface area (Å²) in [5.41, 5.74) is 4.16. The second-order valence-corrected chi connectivity index (χ2v) is 10.7.